The number of aliphatic carboxylic acids is 1. The predicted molar refractivity (Wildman–Crippen MR) is 107 cm³/mol. The monoisotopic (exact) mass is 433 g/mol. The molecule has 0 saturated carbocycles. The molecule has 1 N–H and O–H groups in total. The summed E-state index contributed by atoms with van der Waals surface area (Å²) < 4.78 is 44.0. The molecule has 0 radical (unpaired) electrons. The number of benzene rings is 2. The van der Waals surface area contributed by atoms with Crippen molar-refractivity contribution < 1.29 is 32.6 Å². The summed E-state index contributed by atoms with van der Waals surface area (Å²) in [5.41, 5.74) is 4.17. The van der Waals surface area contributed by atoms with E-state index in [0.717, 1.165) is 27.2 Å². The Kier molecular flexibility index (Phi) is 5.64. The second-order valence-corrected chi connectivity index (χ2v) is 8.17. The van der Waals surface area contributed by atoms with Crippen molar-refractivity contribution in [2.45, 2.75) is 24.9 Å². The molecule has 2 atom stereocenters. The van der Waals surface area contributed by atoms with E-state index in [-0.39, 0.29) is 32.0 Å². The van der Waals surface area contributed by atoms with E-state index in [4.69, 9.17) is 4.74 Å². The Bertz CT molecular complexity index is 945. The number of hydrogen-bond acceptors (Lipinski definition) is 3. The van der Waals surface area contributed by atoms with E-state index < -0.39 is 36.5 Å². The van der Waals surface area contributed by atoms with Crippen molar-refractivity contribution in [2.75, 3.05) is 19.7 Å². The standard InChI is InChI=1S/C23H22F3NO4/c24-23(25,26)10-14-9-15(21(28)29)12-27(11-14)22(30)31-13-20-18-7-3-1-5-16(18)17-6-2-4-8-19(17)20/h1-8,14-15,20H,9-13H2,(H,28,29). The quantitative estimate of drug-likeness (QED) is 0.744. The lowest BCUT2D eigenvalue weighted by Crippen LogP contribution is -2.47. The largest absolute Gasteiger partial charge is 0.481 e. The zero-order valence-electron chi connectivity index (χ0n) is 16.6. The van der Waals surface area contributed by atoms with E-state index >= 15 is 0 Å². The summed E-state index contributed by atoms with van der Waals surface area (Å²) in [7, 11) is 0. The van der Waals surface area contributed by atoms with Crippen LogP contribution >= 0.6 is 0 Å². The van der Waals surface area contributed by atoms with Crippen LogP contribution in [-0.4, -0.2) is 47.9 Å². The lowest BCUT2D eigenvalue weighted by atomic mass is 9.87. The molecule has 2 unspecified atom stereocenters. The van der Waals surface area contributed by atoms with Crippen LogP contribution in [0.5, 0.6) is 0 Å². The van der Waals surface area contributed by atoms with Crippen molar-refractivity contribution in [1.29, 1.82) is 0 Å². The minimum atomic E-state index is -4.42. The minimum Gasteiger partial charge on any atom is -0.481 e. The average Bonchev–Trinajstić information content (AvgIpc) is 3.04. The Hall–Kier alpha value is -3.03. The summed E-state index contributed by atoms with van der Waals surface area (Å²) in [6.45, 7) is -0.286. The third-order valence-electron chi connectivity index (χ3n) is 6.00. The summed E-state index contributed by atoms with van der Waals surface area (Å²) in [6, 6.07) is 15.6. The second kappa shape index (κ2) is 8.24. The van der Waals surface area contributed by atoms with E-state index in [2.05, 4.69) is 0 Å². The van der Waals surface area contributed by atoms with Crippen molar-refractivity contribution in [1.82, 2.24) is 4.90 Å². The molecular formula is C23H22F3NO4. The molecule has 1 amide bonds. The molecular weight excluding hydrogens is 411 g/mol. The molecule has 2 aromatic rings. The van der Waals surface area contributed by atoms with Crippen LogP contribution in [-0.2, 0) is 9.53 Å². The molecule has 31 heavy (non-hydrogen) atoms. The Labute approximate surface area is 177 Å². The van der Waals surface area contributed by atoms with Crippen molar-refractivity contribution in [3.63, 3.8) is 0 Å². The number of hydrogen-bond donors (Lipinski definition) is 1. The smallest absolute Gasteiger partial charge is 0.409 e. The number of piperidine rings is 1. The first-order valence-corrected chi connectivity index (χ1v) is 10.1. The van der Waals surface area contributed by atoms with Crippen molar-refractivity contribution in [3.05, 3.63) is 59.7 Å². The third kappa shape index (κ3) is 4.52. The summed E-state index contributed by atoms with van der Waals surface area (Å²) in [4.78, 5) is 25.2. The van der Waals surface area contributed by atoms with Gasteiger partial charge in [0.25, 0.3) is 0 Å². The molecule has 1 fully saturated rings. The number of alkyl halides is 3. The highest BCUT2D eigenvalue weighted by Crippen LogP contribution is 2.44. The number of carboxylic acids is 1. The molecule has 4 rings (SSSR count). The first kappa shape index (κ1) is 21.2. The van der Waals surface area contributed by atoms with Crippen LogP contribution in [0.1, 0.15) is 29.9 Å². The first-order chi connectivity index (χ1) is 14.7. The molecule has 164 valence electrons. The molecule has 0 spiro atoms. The van der Waals surface area contributed by atoms with Crippen LogP contribution in [0.15, 0.2) is 48.5 Å². The Morgan fingerprint density at radius 2 is 1.58 bits per heavy atom. The van der Waals surface area contributed by atoms with Crippen molar-refractivity contribution in [2.24, 2.45) is 11.8 Å². The maximum Gasteiger partial charge on any atom is 0.409 e. The van der Waals surface area contributed by atoms with E-state index in [0.29, 0.717) is 0 Å². The van der Waals surface area contributed by atoms with Gasteiger partial charge in [0.15, 0.2) is 0 Å². The van der Waals surface area contributed by atoms with E-state index in [1.165, 1.54) is 0 Å². The van der Waals surface area contributed by atoms with E-state index in [1.54, 1.807) is 0 Å². The molecule has 0 aromatic heterocycles. The van der Waals surface area contributed by atoms with Crippen LogP contribution in [0.4, 0.5) is 18.0 Å². The molecule has 1 aliphatic carbocycles. The van der Waals surface area contributed by atoms with Gasteiger partial charge in [0.1, 0.15) is 6.61 Å². The fraction of sp³-hybridized carbons (Fsp3) is 0.391. The third-order valence-corrected chi connectivity index (χ3v) is 6.00. The molecule has 0 bridgehead atoms. The van der Waals surface area contributed by atoms with Gasteiger partial charge in [0.2, 0.25) is 0 Å². The lowest BCUT2D eigenvalue weighted by Gasteiger charge is -2.36. The molecule has 1 saturated heterocycles. The summed E-state index contributed by atoms with van der Waals surface area (Å²) in [6.07, 6.45) is -6.43. The number of rotatable bonds is 4. The van der Waals surface area contributed by atoms with Gasteiger partial charge < -0.3 is 14.7 Å². The van der Waals surface area contributed by atoms with Crippen molar-refractivity contribution in [3.8, 4) is 11.1 Å². The fourth-order valence-corrected chi connectivity index (χ4v) is 4.69. The Morgan fingerprint density at radius 1 is 1.00 bits per heavy atom. The second-order valence-electron chi connectivity index (χ2n) is 8.17. The molecule has 1 aliphatic heterocycles. The topological polar surface area (TPSA) is 66.8 Å². The Morgan fingerprint density at radius 3 is 2.13 bits per heavy atom. The molecule has 1 heterocycles. The summed E-state index contributed by atoms with van der Waals surface area (Å²) in [5, 5.41) is 9.31. The van der Waals surface area contributed by atoms with Crippen LogP contribution in [0.2, 0.25) is 0 Å². The highest BCUT2D eigenvalue weighted by Gasteiger charge is 2.40. The zero-order chi connectivity index (χ0) is 22.2. The SMILES string of the molecule is O=C(O)C1CC(CC(F)(F)F)CN(C(=O)OCC2c3ccccc3-c3ccccc32)C1. The molecule has 2 aromatic carbocycles. The van der Waals surface area contributed by atoms with Gasteiger partial charge in [0, 0.05) is 25.4 Å². The van der Waals surface area contributed by atoms with Crippen LogP contribution in [0, 0.1) is 11.8 Å². The van der Waals surface area contributed by atoms with Gasteiger partial charge in [-0.05, 0) is 34.6 Å². The average molecular weight is 433 g/mol. The van der Waals surface area contributed by atoms with Gasteiger partial charge in [-0.15, -0.1) is 0 Å². The number of fused-ring (bicyclic) bond motifs is 3. The number of carboxylic acid groups (broad SMARTS) is 1. The van der Waals surface area contributed by atoms with Gasteiger partial charge in [0.05, 0.1) is 5.92 Å². The van der Waals surface area contributed by atoms with Crippen LogP contribution in [0.3, 0.4) is 0 Å². The van der Waals surface area contributed by atoms with Crippen molar-refractivity contribution >= 4 is 12.1 Å². The number of halogens is 3. The number of amides is 1. The fourth-order valence-electron chi connectivity index (χ4n) is 4.69. The first-order valence-electron chi connectivity index (χ1n) is 10.1. The number of ether oxygens (including phenoxy) is 1. The van der Waals surface area contributed by atoms with E-state index in [9.17, 15) is 27.9 Å². The predicted octanol–water partition coefficient (Wildman–Crippen LogP) is 4.91. The number of likely N-dealkylation sites (tertiary alicyclic amines) is 1. The normalized spacial score (nSPS) is 20.8. The highest BCUT2D eigenvalue weighted by molar-refractivity contribution is 5.79. The van der Waals surface area contributed by atoms with E-state index in [1.807, 2.05) is 48.5 Å². The van der Waals surface area contributed by atoms with Gasteiger partial charge in [-0.1, -0.05) is 48.5 Å². The van der Waals surface area contributed by atoms with Gasteiger partial charge >= 0.3 is 18.2 Å². The van der Waals surface area contributed by atoms with Crippen LogP contribution < -0.4 is 0 Å². The molecule has 2 aliphatic rings. The maximum atomic E-state index is 12.8. The molecule has 8 heteroatoms. The summed E-state index contributed by atoms with van der Waals surface area (Å²) in [5.74, 6) is -3.39. The maximum absolute atomic E-state index is 12.8. The minimum absolute atomic E-state index is 0.0328. The Balaban J connectivity index is 1.47. The number of carbonyl (C=O) groups excluding carboxylic acids is 1. The molecule has 5 nitrogen and oxygen atoms in total. The van der Waals surface area contributed by atoms with Gasteiger partial charge in [-0.2, -0.15) is 13.2 Å². The highest BCUT2D eigenvalue weighted by atomic mass is 19.4. The number of carbonyl (C=O) groups is 2. The van der Waals surface area contributed by atoms with Gasteiger partial charge in [-0.25, -0.2) is 4.79 Å². The zero-order valence-corrected chi connectivity index (χ0v) is 16.6. The van der Waals surface area contributed by atoms with Gasteiger partial charge in [-0.3, -0.25) is 4.79 Å². The van der Waals surface area contributed by atoms with Crippen LogP contribution in [0.25, 0.3) is 11.1 Å². The number of nitrogens with zero attached hydrogens (tertiary/aromatic N) is 1. The lowest BCUT2D eigenvalue weighted by molar-refractivity contribution is -0.156. The summed E-state index contributed by atoms with van der Waals surface area (Å²) >= 11 is 0.